The van der Waals surface area contributed by atoms with Crippen molar-refractivity contribution in [1.29, 1.82) is 0 Å². The van der Waals surface area contributed by atoms with Gasteiger partial charge in [0.25, 0.3) is 0 Å². The third kappa shape index (κ3) is 2.94. The molecule has 2 fully saturated rings. The van der Waals surface area contributed by atoms with Crippen molar-refractivity contribution in [3.8, 4) is 0 Å². The van der Waals surface area contributed by atoms with E-state index in [4.69, 9.17) is 0 Å². The van der Waals surface area contributed by atoms with Crippen LogP contribution in [0.5, 0.6) is 0 Å². The summed E-state index contributed by atoms with van der Waals surface area (Å²) < 4.78 is 37.4. The number of alkyl halides is 3. The van der Waals surface area contributed by atoms with Crippen LogP contribution in [0.4, 0.5) is 13.2 Å². The van der Waals surface area contributed by atoms with Gasteiger partial charge in [0.05, 0.1) is 5.56 Å². The number of nitrogens with one attached hydrogen (secondary N) is 1. The highest BCUT2D eigenvalue weighted by molar-refractivity contribution is 5.25. The Morgan fingerprint density at radius 2 is 1.58 bits per heavy atom. The molecule has 0 spiro atoms. The minimum Gasteiger partial charge on any atom is -0.311 e. The lowest BCUT2D eigenvalue weighted by Crippen LogP contribution is -2.38. The highest BCUT2D eigenvalue weighted by atomic mass is 19.4. The minimum absolute atomic E-state index is 0.554. The van der Waals surface area contributed by atoms with Gasteiger partial charge in [-0.1, -0.05) is 12.1 Å². The van der Waals surface area contributed by atoms with Crippen LogP contribution in [-0.4, -0.2) is 12.1 Å². The van der Waals surface area contributed by atoms with Crippen molar-refractivity contribution >= 4 is 0 Å². The number of rotatable bonds is 2. The first-order valence-corrected chi connectivity index (χ1v) is 6.93. The largest absolute Gasteiger partial charge is 0.416 e. The molecule has 0 saturated carbocycles. The fourth-order valence-corrected chi connectivity index (χ4v) is 3.50. The van der Waals surface area contributed by atoms with E-state index in [2.05, 4.69) is 5.32 Å². The predicted molar refractivity (Wildman–Crippen MR) is 67.8 cm³/mol. The molecule has 2 saturated heterocycles. The SMILES string of the molecule is FC(F)(F)c1ccc(CC2CC3CCC(C2)N3)cc1. The standard InChI is InChI=1S/C15H18F3N/c16-15(17,18)12-3-1-10(2-4-12)7-11-8-13-5-6-14(9-11)19-13/h1-4,11,13-14,19H,5-9H2. The van der Waals surface area contributed by atoms with Gasteiger partial charge in [-0.2, -0.15) is 13.2 Å². The maximum absolute atomic E-state index is 12.5. The Bertz CT molecular complexity index is 426. The Morgan fingerprint density at radius 1 is 1.00 bits per heavy atom. The second kappa shape index (κ2) is 4.82. The van der Waals surface area contributed by atoms with Crippen LogP contribution in [0.2, 0.25) is 0 Å². The highest BCUT2D eigenvalue weighted by Crippen LogP contribution is 2.34. The van der Waals surface area contributed by atoms with E-state index in [1.807, 2.05) is 0 Å². The van der Waals surface area contributed by atoms with E-state index in [9.17, 15) is 13.2 Å². The average molecular weight is 269 g/mol. The minimum atomic E-state index is -4.23. The molecule has 19 heavy (non-hydrogen) atoms. The van der Waals surface area contributed by atoms with Crippen molar-refractivity contribution in [2.75, 3.05) is 0 Å². The van der Waals surface area contributed by atoms with Crippen LogP contribution in [0.15, 0.2) is 24.3 Å². The molecule has 2 atom stereocenters. The van der Waals surface area contributed by atoms with E-state index in [0.717, 1.165) is 24.8 Å². The van der Waals surface area contributed by atoms with Gasteiger partial charge in [-0.05, 0) is 55.7 Å². The lowest BCUT2D eigenvalue weighted by molar-refractivity contribution is -0.137. The van der Waals surface area contributed by atoms with Crippen molar-refractivity contribution in [2.24, 2.45) is 5.92 Å². The summed E-state index contributed by atoms with van der Waals surface area (Å²) in [7, 11) is 0. The van der Waals surface area contributed by atoms with Crippen LogP contribution < -0.4 is 5.32 Å². The molecular formula is C15H18F3N. The highest BCUT2D eigenvalue weighted by Gasteiger charge is 2.33. The van der Waals surface area contributed by atoms with Gasteiger partial charge in [0, 0.05) is 12.1 Å². The van der Waals surface area contributed by atoms with Gasteiger partial charge in [0.2, 0.25) is 0 Å². The summed E-state index contributed by atoms with van der Waals surface area (Å²) in [5, 5.41) is 3.59. The second-order valence-electron chi connectivity index (χ2n) is 5.87. The molecule has 1 aromatic carbocycles. The van der Waals surface area contributed by atoms with E-state index in [-0.39, 0.29) is 0 Å². The number of hydrogen-bond donors (Lipinski definition) is 1. The van der Waals surface area contributed by atoms with E-state index in [0.29, 0.717) is 18.0 Å². The molecule has 1 aromatic rings. The zero-order chi connectivity index (χ0) is 13.5. The summed E-state index contributed by atoms with van der Waals surface area (Å²) in [5.74, 6) is 0.621. The van der Waals surface area contributed by atoms with Crippen molar-refractivity contribution < 1.29 is 13.2 Å². The zero-order valence-corrected chi connectivity index (χ0v) is 10.7. The molecule has 104 valence electrons. The molecule has 0 radical (unpaired) electrons. The molecule has 3 rings (SSSR count). The zero-order valence-electron chi connectivity index (χ0n) is 10.7. The monoisotopic (exact) mass is 269 g/mol. The van der Waals surface area contributed by atoms with Crippen molar-refractivity contribution in [1.82, 2.24) is 5.32 Å². The summed E-state index contributed by atoms with van der Waals surface area (Å²) in [6.45, 7) is 0. The maximum Gasteiger partial charge on any atom is 0.416 e. The number of halogens is 3. The van der Waals surface area contributed by atoms with Gasteiger partial charge in [0.15, 0.2) is 0 Å². The maximum atomic E-state index is 12.5. The summed E-state index contributed by atoms with van der Waals surface area (Å²) >= 11 is 0. The Balaban J connectivity index is 1.64. The number of hydrogen-bond acceptors (Lipinski definition) is 1. The lowest BCUT2D eigenvalue weighted by Gasteiger charge is -2.29. The van der Waals surface area contributed by atoms with Gasteiger partial charge in [0.1, 0.15) is 0 Å². The first-order chi connectivity index (χ1) is 9.00. The summed E-state index contributed by atoms with van der Waals surface area (Å²) in [4.78, 5) is 0. The molecule has 2 unspecified atom stereocenters. The van der Waals surface area contributed by atoms with Crippen LogP contribution in [0.3, 0.4) is 0 Å². The Morgan fingerprint density at radius 3 is 2.11 bits per heavy atom. The van der Waals surface area contributed by atoms with E-state index in [1.165, 1.54) is 25.0 Å². The molecule has 1 N–H and O–H groups in total. The first kappa shape index (κ1) is 13.0. The molecule has 2 aliphatic rings. The van der Waals surface area contributed by atoms with Crippen molar-refractivity contribution in [2.45, 2.75) is 50.4 Å². The molecule has 2 aliphatic heterocycles. The van der Waals surface area contributed by atoms with Gasteiger partial charge in [-0.25, -0.2) is 0 Å². The molecule has 1 nitrogen and oxygen atoms in total. The topological polar surface area (TPSA) is 12.0 Å². The van der Waals surface area contributed by atoms with Crippen LogP contribution in [0, 0.1) is 5.92 Å². The van der Waals surface area contributed by atoms with E-state index in [1.54, 1.807) is 12.1 Å². The molecule has 2 bridgehead atoms. The lowest BCUT2D eigenvalue weighted by atomic mass is 9.87. The third-order valence-corrected chi connectivity index (χ3v) is 4.38. The fraction of sp³-hybridized carbons (Fsp3) is 0.600. The van der Waals surface area contributed by atoms with Crippen LogP contribution in [0.25, 0.3) is 0 Å². The molecule has 0 aromatic heterocycles. The third-order valence-electron chi connectivity index (χ3n) is 4.38. The molecule has 0 amide bonds. The number of fused-ring (bicyclic) bond motifs is 2. The molecule has 4 heteroatoms. The normalized spacial score (nSPS) is 30.6. The van der Waals surface area contributed by atoms with Gasteiger partial charge in [-0.3, -0.25) is 0 Å². The summed E-state index contributed by atoms with van der Waals surface area (Å²) in [5.41, 5.74) is 0.473. The molecule has 2 heterocycles. The Kier molecular flexibility index (Phi) is 3.29. The number of benzene rings is 1. The van der Waals surface area contributed by atoms with Crippen LogP contribution in [-0.2, 0) is 12.6 Å². The van der Waals surface area contributed by atoms with E-state index >= 15 is 0 Å². The fourth-order valence-electron chi connectivity index (χ4n) is 3.50. The average Bonchev–Trinajstić information content (AvgIpc) is 2.68. The summed E-state index contributed by atoms with van der Waals surface area (Å²) in [6.07, 6.45) is 1.52. The van der Waals surface area contributed by atoms with Crippen LogP contribution >= 0.6 is 0 Å². The van der Waals surface area contributed by atoms with Crippen molar-refractivity contribution in [3.63, 3.8) is 0 Å². The quantitative estimate of drug-likeness (QED) is 0.861. The second-order valence-corrected chi connectivity index (χ2v) is 5.87. The smallest absolute Gasteiger partial charge is 0.311 e. The van der Waals surface area contributed by atoms with Gasteiger partial charge in [-0.15, -0.1) is 0 Å². The molecular weight excluding hydrogens is 251 g/mol. The van der Waals surface area contributed by atoms with E-state index < -0.39 is 11.7 Å². The Labute approximate surface area is 111 Å². The predicted octanol–water partition coefficient (Wildman–Crippen LogP) is 3.78. The van der Waals surface area contributed by atoms with Gasteiger partial charge < -0.3 is 5.32 Å². The first-order valence-electron chi connectivity index (χ1n) is 6.93. The molecule has 0 aliphatic carbocycles. The van der Waals surface area contributed by atoms with Crippen LogP contribution in [0.1, 0.15) is 36.8 Å². The number of piperidine rings is 1. The van der Waals surface area contributed by atoms with Crippen molar-refractivity contribution in [3.05, 3.63) is 35.4 Å². The van der Waals surface area contributed by atoms with Gasteiger partial charge >= 0.3 is 6.18 Å². The Hall–Kier alpha value is -1.03. The summed E-state index contributed by atoms with van der Waals surface area (Å²) in [6, 6.07) is 6.94.